The van der Waals surface area contributed by atoms with Gasteiger partial charge in [0.15, 0.2) is 0 Å². The lowest BCUT2D eigenvalue weighted by molar-refractivity contribution is 0.314. The number of nitrogens with zero attached hydrogens (tertiary/aromatic N) is 1. The number of thiophene rings is 1. The molecule has 0 saturated carbocycles. The highest BCUT2D eigenvalue weighted by molar-refractivity contribution is 7.09. The molecule has 1 atom stereocenters. The fraction of sp³-hybridized carbons (Fsp3) is 0.375. The van der Waals surface area contributed by atoms with Crippen molar-refractivity contribution in [2.75, 3.05) is 13.6 Å². The summed E-state index contributed by atoms with van der Waals surface area (Å²) in [7, 11) is 2.09. The second-order valence-electron chi connectivity index (χ2n) is 5.22. The molecule has 0 amide bonds. The van der Waals surface area contributed by atoms with Gasteiger partial charge < -0.3 is 10.6 Å². The number of hydrogen-bond acceptors (Lipinski definition) is 3. The van der Waals surface area contributed by atoms with E-state index < -0.39 is 0 Å². The van der Waals surface area contributed by atoms with E-state index in [1.807, 2.05) is 6.07 Å². The molecule has 0 aliphatic carbocycles. The molecule has 1 aromatic carbocycles. The summed E-state index contributed by atoms with van der Waals surface area (Å²) in [6, 6.07) is 9.35. The van der Waals surface area contributed by atoms with Gasteiger partial charge in [-0.2, -0.15) is 0 Å². The molecule has 108 valence electrons. The molecule has 2 N–H and O–H groups in total. The molecule has 0 aliphatic rings. The Labute approximate surface area is 124 Å². The van der Waals surface area contributed by atoms with Gasteiger partial charge in [-0.1, -0.05) is 18.2 Å². The minimum Gasteiger partial charge on any atom is -0.324 e. The van der Waals surface area contributed by atoms with E-state index in [9.17, 15) is 4.39 Å². The molecule has 0 spiro atoms. The molecular weight excluding hydrogens is 271 g/mol. The molecular formula is C16H21FN2S. The largest absolute Gasteiger partial charge is 0.324 e. The maximum absolute atomic E-state index is 13.5. The molecule has 0 radical (unpaired) electrons. The molecule has 0 saturated heterocycles. The number of halogens is 1. The average Bonchev–Trinajstić information content (AvgIpc) is 2.92. The van der Waals surface area contributed by atoms with Gasteiger partial charge in [0.25, 0.3) is 0 Å². The molecule has 20 heavy (non-hydrogen) atoms. The standard InChI is InChI=1S/C16H21FN2S/c1-12-5-6-13(10-15(12)17)16(18)7-8-19(2)11-14-4-3-9-20-14/h3-6,9-10,16H,7-8,11,18H2,1-2H3. The lowest BCUT2D eigenvalue weighted by Crippen LogP contribution is -2.23. The Bertz CT molecular complexity index is 539. The number of aryl methyl sites for hydroxylation is 1. The van der Waals surface area contributed by atoms with Gasteiger partial charge in [0.2, 0.25) is 0 Å². The highest BCUT2D eigenvalue weighted by Gasteiger charge is 2.10. The van der Waals surface area contributed by atoms with E-state index in [2.05, 4.69) is 29.5 Å². The van der Waals surface area contributed by atoms with Gasteiger partial charge in [0.1, 0.15) is 5.82 Å². The van der Waals surface area contributed by atoms with E-state index in [1.165, 1.54) is 4.88 Å². The Morgan fingerprint density at radius 2 is 2.15 bits per heavy atom. The van der Waals surface area contributed by atoms with Gasteiger partial charge in [-0.25, -0.2) is 4.39 Å². The predicted octanol–water partition coefficient (Wildman–Crippen LogP) is 3.72. The summed E-state index contributed by atoms with van der Waals surface area (Å²) in [6.45, 7) is 3.60. The Kier molecular flexibility index (Phi) is 5.29. The van der Waals surface area contributed by atoms with Crippen molar-refractivity contribution < 1.29 is 4.39 Å². The van der Waals surface area contributed by atoms with E-state index in [-0.39, 0.29) is 11.9 Å². The number of nitrogens with two attached hydrogens (primary N) is 1. The topological polar surface area (TPSA) is 29.3 Å². The Morgan fingerprint density at radius 3 is 2.80 bits per heavy atom. The molecule has 1 aromatic heterocycles. The van der Waals surface area contributed by atoms with Crippen LogP contribution in [0.25, 0.3) is 0 Å². The molecule has 0 fully saturated rings. The van der Waals surface area contributed by atoms with Crippen molar-refractivity contribution in [1.82, 2.24) is 4.90 Å². The second-order valence-corrected chi connectivity index (χ2v) is 6.25. The van der Waals surface area contributed by atoms with E-state index in [4.69, 9.17) is 5.73 Å². The summed E-state index contributed by atoms with van der Waals surface area (Å²) in [5.74, 6) is -0.176. The Balaban J connectivity index is 1.85. The molecule has 2 nitrogen and oxygen atoms in total. The second kappa shape index (κ2) is 6.97. The van der Waals surface area contributed by atoms with Crippen molar-refractivity contribution in [3.8, 4) is 0 Å². The van der Waals surface area contributed by atoms with Gasteiger partial charge in [0, 0.05) is 24.0 Å². The normalized spacial score (nSPS) is 12.8. The van der Waals surface area contributed by atoms with Crippen LogP contribution in [0.3, 0.4) is 0 Å². The summed E-state index contributed by atoms with van der Waals surface area (Å²) in [5, 5.41) is 2.09. The zero-order chi connectivity index (χ0) is 14.5. The van der Waals surface area contributed by atoms with Crippen molar-refractivity contribution in [3.63, 3.8) is 0 Å². The molecule has 0 bridgehead atoms. The van der Waals surface area contributed by atoms with Crippen LogP contribution in [-0.4, -0.2) is 18.5 Å². The highest BCUT2D eigenvalue weighted by atomic mass is 32.1. The predicted molar refractivity (Wildman–Crippen MR) is 83.3 cm³/mol. The lowest BCUT2D eigenvalue weighted by atomic mass is 10.0. The minimum atomic E-state index is -0.176. The van der Waals surface area contributed by atoms with Crippen molar-refractivity contribution in [2.45, 2.75) is 25.9 Å². The SMILES string of the molecule is Cc1ccc(C(N)CCN(C)Cc2cccs2)cc1F. The monoisotopic (exact) mass is 292 g/mol. The van der Waals surface area contributed by atoms with Crippen LogP contribution in [0.4, 0.5) is 4.39 Å². The van der Waals surface area contributed by atoms with Gasteiger partial charge >= 0.3 is 0 Å². The third-order valence-electron chi connectivity index (χ3n) is 3.45. The smallest absolute Gasteiger partial charge is 0.126 e. The van der Waals surface area contributed by atoms with E-state index in [1.54, 1.807) is 30.4 Å². The Morgan fingerprint density at radius 1 is 1.35 bits per heavy atom. The zero-order valence-corrected chi connectivity index (χ0v) is 12.8. The summed E-state index contributed by atoms with van der Waals surface area (Å²) >= 11 is 1.76. The fourth-order valence-corrected chi connectivity index (χ4v) is 2.90. The van der Waals surface area contributed by atoms with Crippen molar-refractivity contribution in [3.05, 3.63) is 57.5 Å². The molecule has 0 aliphatic heterocycles. The first kappa shape index (κ1) is 15.2. The lowest BCUT2D eigenvalue weighted by Gasteiger charge is -2.19. The zero-order valence-electron chi connectivity index (χ0n) is 12.0. The summed E-state index contributed by atoms with van der Waals surface area (Å²) in [5.41, 5.74) is 7.68. The van der Waals surface area contributed by atoms with Gasteiger partial charge in [-0.3, -0.25) is 0 Å². The van der Waals surface area contributed by atoms with Crippen LogP contribution in [0.15, 0.2) is 35.7 Å². The van der Waals surface area contributed by atoms with E-state index >= 15 is 0 Å². The Hall–Kier alpha value is -1.23. The molecule has 1 unspecified atom stereocenters. The number of benzene rings is 1. The van der Waals surface area contributed by atoms with Crippen LogP contribution in [-0.2, 0) is 6.54 Å². The van der Waals surface area contributed by atoms with Gasteiger partial charge in [-0.05, 0) is 49.0 Å². The van der Waals surface area contributed by atoms with Crippen LogP contribution in [0.2, 0.25) is 0 Å². The van der Waals surface area contributed by atoms with E-state index in [0.29, 0.717) is 5.56 Å². The summed E-state index contributed by atoms with van der Waals surface area (Å²) < 4.78 is 13.5. The first-order valence-electron chi connectivity index (χ1n) is 6.79. The first-order chi connectivity index (χ1) is 9.56. The van der Waals surface area contributed by atoms with Crippen molar-refractivity contribution in [1.29, 1.82) is 0 Å². The van der Waals surface area contributed by atoms with Crippen molar-refractivity contribution in [2.24, 2.45) is 5.73 Å². The minimum absolute atomic E-state index is 0.115. The molecule has 2 aromatic rings. The van der Waals surface area contributed by atoms with Crippen LogP contribution in [0, 0.1) is 12.7 Å². The first-order valence-corrected chi connectivity index (χ1v) is 7.67. The maximum atomic E-state index is 13.5. The highest BCUT2D eigenvalue weighted by Crippen LogP contribution is 2.18. The van der Waals surface area contributed by atoms with Gasteiger partial charge in [0.05, 0.1) is 0 Å². The quantitative estimate of drug-likeness (QED) is 0.879. The molecule has 2 rings (SSSR count). The summed E-state index contributed by atoms with van der Waals surface area (Å²) in [4.78, 5) is 3.60. The van der Waals surface area contributed by atoms with Crippen LogP contribution in [0.5, 0.6) is 0 Å². The van der Waals surface area contributed by atoms with Crippen LogP contribution >= 0.6 is 11.3 Å². The summed E-state index contributed by atoms with van der Waals surface area (Å²) in [6.07, 6.45) is 0.824. The van der Waals surface area contributed by atoms with Crippen LogP contribution < -0.4 is 5.73 Å². The average molecular weight is 292 g/mol. The number of rotatable bonds is 6. The third-order valence-corrected chi connectivity index (χ3v) is 4.31. The maximum Gasteiger partial charge on any atom is 0.126 e. The van der Waals surface area contributed by atoms with Crippen LogP contribution in [0.1, 0.15) is 28.5 Å². The molecule has 4 heteroatoms. The van der Waals surface area contributed by atoms with E-state index in [0.717, 1.165) is 25.1 Å². The van der Waals surface area contributed by atoms with Gasteiger partial charge in [-0.15, -0.1) is 11.3 Å². The van der Waals surface area contributed by atoms with Crippen molar-refractivity contribution >= 4 is 11.3 Å². The molecule has 1 heterocycles. The number of hydrogen-bond donors (Lipinski definition) is 1. The fourth-order valence-electron chi connectivity index (χ4n) is 2.11. The third kappa shape index (κ3) is 4.13.